The Morgan fingerprint density at radius 1 is 1.17 bits per heavy atom. The van der Waals surface area contributed by atoms with Crippen LogP contribution in [0, 0.1) is 5.82 Å². The number of halogens is 3. The maximum atomic E-state index is 13.8. The first-order chi connectivity index (χ1) is 14.5. The first kappa shape index (κ1) is 21.9. The van der Waals surface area contributed by atoms with Crippen molar-refractivity contribution in [3.8, 4) is 11.5 Å². The fourth-order valence-corrected chi connectivity index (χ4v) is 3.33. The SMILES string of the molecule is COc1cc(/C=C/C(=O)Nc2ccc(Cl)cc2)cc(Br)c1OCc1ccccc1F. The summed E-state index contributed by atoms with van der Waals surface area (Å²) in [5, 5.41) is 3.35. The van der Waals surface area contributed by atoms with E-state index in [2.05, 4.69) is 21.2 Å². The molecule has 154 valence electrons. The quantitative estimate of drug-likeness (QED) is 0.386. The summed E-state index contributed by atoms with van der Waals surface area (Å²) in [5.41, 5.74) is 1.81. The number of nitrogens with one attached hydrogen (secondary N) is 1. The molecule has 4 nitrogen and oxygen atoms in total. The zero-order chi connectivity index (χ0) is 21.5. The second-order valence-electron chi connectivity index (χ2n) is 6.24. The van der Waals surface area contributed by atoms with Gasteiger partial charge in [0.05, 0.1) is 11.6 Å². The van der Waals surface area contributed by atoms with Crippen LogP contribution in [0.3, 0.4) is 0 Å². The lowest BCUT2D eigenvalue weighted by molar-refractivity contribution is -0.111. The van der Waals surface area contributed by atoms with Crippen LogP contribution >= 0.6 is 27.5 Å². The second-order valence-corrected chi connectivity index (χ2v) is 7.53. The van der Waals surface area contributed by atoms with Crippen molar-refractivity contribution in [3.05, 3.63) is 93.2 Å². The lowest BCUT2D eigenvalue weighted by Crippen LogP contribution is -2.07. The lowest BCUT2D eigenvalue weighted by Gasteiger charge is -2.14. The molecule has 1 amide bonds. The Hall–Kier alpha value is -2.83. The van der Waals surface area contributed by atoms with Crippen LogP contribution in [0.2, 0.25) is 5.02 Å². The molecule has 0 aliphatic heterocycles. The topological polar surface area (TPSA) is 47.6 Å². The molecule has 3 aromatic carbocycles. The van der Waals surface area contributed by atoms with E-state index in [9.17, 15) is 9.18 Å². The monoisotopic (exact) mass is 489 g/mol. The molecule has 0 fully saturated rings. The van der Waals surface area contributed by atoms with Gasteiger partial charge in [-0.1, -0.05) is 29.8 Å². The Labute approximate surface area is 187 Å². The molecule has 0 radical (unpaired) electrons. The molecule has 3 rings (SSSR count). The van der Waals surface area contributed by atoms with Crippen LogP contribution in [-0.4, -0.2) is 13.0 Å². The van der Waals surface area contributed by atoms with Gasteiger partial charge in [-0.05, 0) is 70.0 Å². The zero-order valence-electron chi connectivity index (χ0n) is 16.0. The summed E-state index contributed by atoms with van der Waals surface area (Å²) in [7, 11) is 1.51. The van der Waals surface area contributed by atoms with Gasteiger partial charge in [0.2, 0.25) is 5.91 Å². The standard InChI is InChI=1S/C23H18BrClFNO3/c1-29-21-13-15(6-11-22(28)27-18-9-7-17(25)8-10-18)12-19(24)23(21)30-14-16-4-2-3-5-20(16)26/h2-13H,14H2,1H3,(H,27,28)/b11-6+. The Morgan fingerprint density at radius 3 is 2.60 bits per heavy atom. The van der Waals surface area contributed by atoms with Gasteiger partial charge >= 0.3 is 0 Å². The molecule has 0 spiro atoms. The van der Waals surface area contributed by atoms with Crippen molar-refractivity contribution in [1.29, 1.82) is 0 Å². The van der Waals surface area contributed by atoms with Gasteiger partial charge in [-0.2, -0.15) is 0 Å². The van der Waals surface area contributed by atoms with E-state index in [0.29, 0.717) is 32.2 Å². The van der Waals surface area contributed by atoms with Crippen molar-refractivity contribution in [3.63, 3.8) is 0 Å². The minimum Gasteiger partial charge on any atom is -0.493 e. The number of benzene rings is 3. The van der Waals surface area contributed by atoms with Crippen molar-refractivity contribution < 1.29 is 18.7 Å². The number of hydrogen-bond donors (Lipinski definition) is 1. The fraction of sp³-hybridized carbons (Fsp3) is 0.0870. The molecule has 0 aliphatic carbocycles. The van der Waals surface area contributed by atoms with Gasteiger partial charge in [0.15, 0.2) is 11.5 Å². The van der Waals surface area contributed by atoms with Gasteiger partial charge in [0, 0.05) is 22.3 Å². The molecule has 0 aromatic heterocycles. The molecule has 0 saturated carbocycles. The smallest absolute Gasteiger partial charge is 0.248 e. The number of carbonyl (C=O) groups is 1. The number of carbonyl (C=O) groups excluding carboxylic acids is 1. The molecule has 1 N–H and O–H groups in total. The van der Waals surface area contributed by atoms with Crippen LogP contribution in [0.5, 0.6) is 11.5 Å². The van der Waals surface area contributed by atoms with E-state index in [-0.39, 0.29) is 18.3 Å². The number of hydrogen-bond acceptors (Lipinski definition) is 3. The van der Waals surface area contributed by atoms with E-state index in [1.807, 2.05) is 0 Å². The normalized spacial score (nSPS) is 10.8. The average Bonchev–Trinajstić information content (AvgIpc) is 2.74. The fourth-order valence-electron chi connectivity index (χ4n) is 2.63. The van der Waals surface area contributed by atoms with Crippen molar-refractivity contribution in [2.45, 2.75) is 6.61 Å². The third-order valence-corrected chi connectivity index (χ3v) is 4.96. The third kappa shape index (κ3) is 5.84. The number of rotatable bonds is 7. The van der Waals surface area contributed by atoms with Gasteiger partial charge in [-0.15, -0.1) is 0 Å². The van der Waals surface area contributed by atoms with Gasteiger partial charge in [-0.3, -0.25) is 4.79 Å². The lowest BCUT2D eigenvalue weighted by atomic mass is 10.1. The summed E-state index contributed by atoms with van der Waals surface area (Å²) >= 11 is 9.29. The predicted octanol–water partition coefficient (Wildman–Crippen LogP) is 6.48. The predicted molar refractivity (Wildman–Crippen MR) is 121 cm³/mol. The summed E-state index contributed by atoms with van der Waals surface area (Å²) in [5.74, 6) is 0.285. The Bertz CT molecular complexity index is 1070. The van der Waals surface area contributed by atoms with Crippen LogP contribution in [0.15, 0.2) is 71.2 Å². The van der Waals surface area contributed by atoms with Crippen LogP contribution < -0.4 is 14.8 Å². The zero-order valence-corrected chi connectivity index (χ0v) is 18.3. The minimum atomic E-state index is -0.334. The first-order valence-corrected chi connectivity index (χ1v) is 10.1. The van der Waals surface area contributed by atoms with E-state index in [1.54, 1.807) is 60.7 Å². The molecule has 0 atom stereocenters. The number of anilines is 1. The largest absolute Gasteiger partial charge is 0.493 e. The number of methoxy groups -OCH3 is 1. The molecule has 0 heterocycles. The average molecular weight is 491 g/mol. The highest BCUT2D eigenvalue weighted by molar-refractivity contribution is 9.10. The van der Waals surface area contributed by atoms with Crippen LogP contribution in [0.25, 0.3) is 6.08 Å². The summed E-state index contributed by atoms with van der Waals surface area (Å²) < 4.78 is 25.6. The molecule has 7 heteroatoms. The van der Waals surface area contributed by atoms with Crippen LogP contribution in [0.1, 0.15) is 11.1 Å². The van der Waals surface area contributed by atoms with E-state index < -0.39 is 0 Å². The van der Waals surface area contributed by atoms with Crippen LogP contribution in [-0.2, 0) is 11.4 Å². The molecule has 0 aliphatic rings. The molecule has 3 aromatic rings. The molecule has 0 saturated heterocycles. The van der Waals surface area contributed by atoms with Gasteiger partial charge in [0.25, 0.3) is 0 Å². The van der Waals surface area contributed by atoms with Crippen LogP contribution in [0.4, 0.5) is 10.1 Å². The maximum absolute atomic E-state index is 13.8. The van der Waals surface area contributed by atoms with Crippen molar-refractivity contribution >= 4 is 45.2 Å². The second kappa shape index (κ2) is 10.3. The third-order valence-electron chi connectivity index (χ3n) is 4.12. The Balaban J connectivity index is 1.71. The van der Waals surface area contributed by atoms with Gasteiger partial charge in [0.1, 0.15) is 12.4 Å². The summed E-state index contributed by atoms with van der Waals surface area (Å²) in [6, 6.07) is 16.8. The highest BCUT2D eigenvalue weighted by Crippen LogP contribution is 2.37. The summed E-state index contributed by atoms with van der Waals surface area (Å²) in [4.78, 5) is 12.1. The van der Waals surface area contributed by atoms with Crippen molar-refractivity contribution in [2.24, 2.45) is 0 Å². The summed E-state index contributed by atoms with van der Waals surface area (Å²) in [6.45, 7) is 0.0559. The molecule has 0 bridgehead atoms. The van der Waals surface area contributed by atoms with E-state index in [0.717, 1.165) is 5.56 Å². The molecule has 0 unspecified atom stereocenters. The van der Waals surface area contributed by atoms with E-state index >= 15 is 0 Å². The van der Waals surface area contributed by atoms with Crippen molar-refractivity contribution in [1.82, 2.24) is 0 Å². The highest BCUT2D eigenvalue weighted by Gasteiger charge is 2.12. The maximum Gasteiger partial charge on any atom is 0.248 e. The molecular formula is C23H18BrClFNO3. The van der Waals surface area contributed by atoms with Gasteiger partial charge in [-0.25, -0.2) is 4.39 Å². The number of ether oxygens (including phenoxy) is 2. The number of amides is 1. The minimum absolute atomic E-state index is 0.0559. The highest BCUT2D eigenvalue weighted by atomic mass is 79.9. The van der Waals surface area contributed by atoms with Gasteiger partial charge < -0.3 is 14.8 Å². The molecule has 30 heavy (non-hydrogen) atoms. The summed E-state index contributed by atoms with van der Waals surface area (Å²) in [6.07, 6.45) is 3.06. The Morgan fingerprint density at radius 2 is 1.90 bits per heavy atom. The first-order valence-electron chi connectivity index (χ1n) is 8.94. The Kier molecular flexibility index (Phi) is 7.49. The molecular weight excluding hydrogens is 473 g/mol. The van der Waals surface area contributed by atoms with Crippen molar-refractivity contribution in [2.75, 3.05) is 12.4 Å². The van der Waals surface area contributed by atoms with E-state index in [4.69, 9.17) is 21.1 Å². The van der Waals surface area contributed by atoms with E-state index in [1.165, 1.54) is 19.3 Å².